The van der Waals surface area contributed by atoms with Gasteiger partial charge in [0.25, 0.3) is 5.56 Å². The smallest absolute Gasteiger partial charge is 0.324 e. The molecule has 190 valence electrons. The van der Waals surface area contributed by atoms with Crippen molar-refractivity contribution < 1.29 is 18.0 Å². The second-order valence-electron chi connectivity index (χ2n) is 9.68. The number of benzene rings is 1. The number of H-pyrrole nitrogens is 1. The van der Waals surface area contributed by atoms with Crippen molar-refractivity contribution in [1.29, 1.82) is 0 Å². The third-order valence-corrected chi connectivity index (χ3v) is 8.03. The summed E-state index contributed by atoms with van der Waals surface area (Å²) >= 11 is 0. The molecule has 36 heavy (non-hydrogen) atoms. The lowest BCUT2D eigenvalue weighted by Gasteiger charge is -2.33. The molecule has 0 radical (unpaired) electrons. The van der Waals surface area contributed by atoms with E-state index in [4.69, 9.17) is 0 Å². The van der Waals surface area contributed by atoms with Crippen LogP contribution in [0.4, 0.5) is 10.5 Å². The van der Waals surface area contributed by atoms with E-state index in [-0.39, 0.29) is 34.4 Å². The van der Waals surface area contributed by atoms with Crippen molar-refractivity contribution in [2.75, 3.05) is 24.7 Å². The first-order valence-corrected chi connectivity index (χ1v) is 13.9. The molecule has 5 rings (SSSR count). The fraction of sp³-hybridized carbons (Fsp3) is 0.400. The number of imide groups is 1. The lowest BCUT2D eigenvalue weighted by molar-refractivity contribution is -0.121. The van der Waals surface area contributed by atoms with Crippen molar-refractivity contribution in [3.05, 3.63) is 47.0 Å². The third-order valence-electron chi connectivity index (χ3n) is 6.92. The van der Waals surface area contributed by atoms with Crippen LogP contribution in [0, 0.1) is 5.92 Å². The summed E-state index contributed by atoms with van der Waals surface area (Å²) < 4.78 is 26.1. The van der Waals surface area contributed by atoms with Crippen LogP contribution in [0.2, 0.25) is 0 Å². The van der Waals surface area contributed by atoms with Crippen molar-refractivity contribution in [3.8, 4) is 11.1 Å². The fourth-order valence-corrected chi connectivity index (χ4v) is 5.31. The maximum atomic E-state index is 12.6. The average molecular weight is 512 g/mol. The molecule has 2 aliphatic rings. The Labute approximate surface area is 208 Å². The van der Waals surface area contributed by atoms with Gasteiger partial charge in [-0.3, -0.25) is 14.9 Å². The second kappa shape index (κ2) is 9.12. The van der Waals surface area contributed by atoms with Gasteiger partial charge in [-0.15, -0.1) is 0 Å². The molecule has 3 N–H and O–H groups in total. The van der Waals surface area contributed by atoms with Gasteiger partial charge in [0.1, 0.15) is 5.52 Å². The Morgan fingerprint density at radius 2 is 1.78 bits per heavy atom. The van der Waals surface area contributed by atoms with Gasteiger partial charge < -0.3 is 19.8 Å². The number of amides is 3. The van der Waals surface area contributed by atoms with Gasteiger partial charge in [0.15, 0.2) is 9.84 Å². The highest BCUT2D eigenvalue weighted by atomic mass is 32.2. The SMILES string of the molecule is Cn1cc(-c2cc(S(C)(=O)=O)ccc2NC2CCN(C(=O)NC(=O)C3CC3)CC2)c2cc[nH]c2c1=O. The van der Waals surface area contributed by atoms with Gasteiger partial charge in [-0.25, -0.2) is 13.2 Å². The molecule has 1 aliphatic carbocycles. The van der Waals surface area contributed by atoms with Crippen LogP contribution in [0.5, 0.6) is 0 Å². The number of carbonyl (C=O) groups excluding carboxylic acids is 2. The van der Waals surface area contributed by atoms with Gasteiger partial charge in [0.2, 0.25) is 5.91 Å². The molecule has 2 aromatic heterocycles. The number of hydrogen-bond donors (Lipinski definition) is 3. The topological polar surface area (TPSA) is 133 Å². The van der Waals surface area contributed by atoms with Crippen LogP contribution in [-0.4, -0.2) is 60.2 Å². The van der Waals surface area contributed by atoms with Crippen LogP contribution < -0.4 is 16.2 Å². The maximum absolute atomic E-state index is 12.6. The van der Waals surface area contributed by atoms with Gasteiger partial charge in [-0.2, -0.15) is 0 Å². The Kier molecular flexibility index (Phi) is 6.11. The molecule has 0 bridgehead atoms. The molecule has 1 saturated carbocycles. The molecule has 2 fully saturated rings. The fourth-order valence-electron chi connectivity index (χ4n) is 4.67. The molecular weight excluding hydrogens is 482 g/mol. The number of aromatic nitrogens is 2. The predicted molar refractivity (Wildman–Crippen MR) is 137 cm³/mol. The summed E-state index contributed by atoms with van der Waals surface area (Å²) in [5.74, 6) is -0.213. The first kappa shape index (κ1) is 24.1. The Morgan fingerprint density at radius 3 is 2.44 bits per heavy atom. The van der Waals surface area contributed by atoms with Gasteiger partial charge >= 0.3 is 6.03 Å². The van der Waals surface area contributed by atoms with E-state index < -0.39 is 9.84 Å². The van der Waals surface area contributed by atoms with Crippen molar-refractivity contribution in [3.63, 3.8) is 0 Å². The van der Waals surface area contributed by atoms with Crippen molar-refractivity contribution in [1.82, 2.24) is 19.8 Å². The highest BCUT2D eigenvalue weighted by Gasteiger charge is 2.32. The van der Waals surface area contributed by atoms with E-state index in [2.05, 4.69) is 15.6 Å². The Bertz CT molecular complexity index is 1510. The van der Waals surface area contributed by atoms with E-state index in [0.29, 0.717) is 42.4 Å². The molecular formula is C25H29N5O5S. The summed E-state index contributed by atoms with van der Waals surface area (Å²) in [7, 11) is -1.79. The minimum Gasteiger partial charge on any atom is -0.382 e. The van der Waals surface area contributed by atoms with Crippen LogP contribution in [0.25, 0.3) is 22.0 Å². The van der Waals surface area contributed by atoms with E-state index in [9.17, 15) is 22.8 Å². The first-order valence-electron chi connectivity index (χ1n) is 12.0. The quantitative estimate of drug-likeness (QED) is 0.482. The number of nitrogens with zero attached hydrogens (tertiary/aromatic N) is 2. The minimum atomic E-state index is -3.45. The van der Waals surface area contributed by atoms with Crippen molar-refractivity contribution >= 4 is 38.4 Å². The molecule has 10 nitrogen and oxygen atoms in total. The van der Waals surface area contributed by atoms with Gasteiger partial charge in [0.05, 0.1) is 4.90 Å². The summed E-state index contributed by atoms with van der Waals surface area (Å²) in [5, 5.41) is 6.73. The molecule has 0 unspecified atom stereocenters. The van der Waals surface area contributed by atoms with Crippen LogP contribution in [0.15, 0.2) is 46.3 Å². The molecule has 1 saturated heterocycles. The number of aromatic amines is 1. The minimum absolute atomic E-state index is 0.0227. The highest BCUT2D eigenvalue weighted by molar-refractivity contribution is 7.90. The van der Waals surface area contributed by atoms with Crippen LogP contribution in [-0.2, 0) is 21.7 Å². The standard InChI is InChI=1S/C25H29N5O5S/c1-29-14-20(18-7-10-26-22(18)24(29)32)19-13-17(36(2,34)35)5-6-21(19)27-16-8-11-30(12-9-16)25(33)28-23(31)15-3-4-15/h5-7,10,13-16,26-27H,3-4,8-9,11-12H2,1-2H3,(H,28,31,33). The summed E-state index contributed by atoms with van der Waals surface area (Å²) in [6, 6.07) is 6.47. The number of anilines is 1. The summed E-state index contributed by atoms with van der Waals surface area (Å²) in [6.45, 7) is 1.00. The number of carbonyl (C=O) groups is 2. The lowest BCUT2D eigenvalue weighted by Crippen LogP contribution is -2.48. The molecule has 11 heteroatoms. The molecule has 0 atom stereocenters. The second-order valence-corrected chi connectivity index (χ2v) is 11.7. The number of likely N-dealkylation sites (tertiary alicyclic amines) is 1. The summed E-state index contributed by atoms with van der Waals surface area (Å²) in [5.41, 5.74) is 2.43. The predicted octanol–water partition coefficient (Wildman–Crippen LogP) is 2.46. The number of nitrogens with one attached hydrogen (secondary N) is 3. The lowest BCUT2D eigenvalue weighted by atomic mass is 9.99. The molecule has 3 amide bonds. The van der Waals surface area contributed by atoms with Crippen LogP contribution in [0.1, 0.15) is 25.7 Å². The number of fused-ring (bicyclic) bond motifs is 1. The zero-order chi connectivity index (χ0) is 25.6. The molecule has 1 aliphatic heterocycles. The first-order chi connectivity index (χ1) is 17.1. The summed E-state index contributed by atoms with van der Waals surface area (Å²) in [6.07, 6.45) is 7.61. The highest BCUT2D eigenvalue weighted by Crippen LogP contribution is 2.35. The largest absolute Gasteiger partial charge is 0.382 e. The van der Waals surface area contributed by atoms with Gasteiger partial charge in [0, 0.05) is 72.9 Å². The number of aryl methyl sites for hydroxylation is 1. The van der Waals surface area contributed by atoms with Crippen molar-refractivity contribution in [2.24, 2.45) is 13.0 Å². The number of urea groups is 1. The normalized spacial score (nSPS) is 16.8. The average Bonchev–Trinajstić information content (AvgIpc) is 3.58. The molecule has 3 aromatic rings. The van der Waals surface area contributed by atoms with E-state index in [0.717, 1.165) is 24.1 Å². The molecule has 3 heterocycles. The van der Waals surface area contributed by atoms with Gasteiger partial charge in [-0.05, 0) is 49.9 Å². The number of sulfone groups is 1. The number of hydrogen-bond acceptors (Lipinski definition) is 6. The zero-order valence-corrected chi connectivity index (χ0v) is 21.0. The van der Waals surface area contributed by atoms with Crippen LogP contribution in [0.3, 0.4) is 0 Å². The Balaban J connectivity index is 1.40. The van der Waals surface area contributed by atoms with E-state index in [1.807, 2.05) is 6.07 Å². The molecule has 1 aromatic carbocycles. The monoisotopic (exact) mass is 511 g/mol. The molecule has 0 spiro atoms. The number of piperidine rings is 1. The number of pyridine rings is 1. The van der Waals surface area contributed by atoms with Crippen LogP contribution >= 0.6 is 0 Å². The van der Waals surface area contributed by atoms with Crippen molar-refractivity contribution in [2.45, 2.75) is 36.6 Å². The summed E-state index contributed by atoms with van der Waals surface area (Å²) in [4.78, 5) is 41.7. The van der Waals surface area contributed by atoms with E-state index >= 15 is 0 Å². The van der Waals surface area contributed by atoms with E-state index in [1.54, 1.807) is 42.5 Å². The zero-order valence-electron chi connectivity index (χ0n) is 20.2. The number of rotatable bonds is 5. The maximum Gasteiger partial charge on any atom is 0.324 e. The third kappa shape index (κ3) is 4.75. The van der Waals surface area contributed by atoms with E-state index in [1.165, 1.54) is 10.8 Å². The van der Waals surface area contributed by atoms with Gasteiger partial charge in [-0.1, -0.05) is 0 Å². The Morgan fingerprint density at radius 1 is 1.06 bits per heavy atom. The Hall–Kier alpha value is -3.60.